The summed E-state index contributed by atoms with van der Waals surface area (Å²) in [6, 6.07) is 17.7. The summed E-state index contributed by atoms with van der Waals surface area (Å²) in [4.78, 5) is 13.4. The van der Waals surface area contributed by atoms with Gasteiger partial charge >= 0.3 is 0 Å². The standard InChI is InChI=1S/C17H20N2O/c1-2-3-13-19(15-7-5-4-6-8-15)16-11-9-14(10-12-16)17(18)20/h4-12H,2-3,13H2,1H3,(H2,18,20). The Kier molecular flexibility index (Phi) is 4.77. The van der Waals surface area contributed by atoms with Crippen molar-refractivity contribution in [1.29, 1.82) is 0 Å². The molecule has 1 amide bonds. The Morgan fingerprint density at radius 3 is 2.15 bits per heavy atom. The number of hydrogen-bond donors (Lipinski definition) is 1. The second-order valence-corrected chi connectivity index (χ2v) is 4.75. The van der Waals surface area contributed by atoms with E-state index in [4.69, 9.17) is 5.73 Å². The summed E-state index contributed by atoms with van der Waals surface area (Å²) in [5.41, 5.74) is 8.06. The molecule has 3 heteroatoms. The number of primary amides is 1. The van der Waals surface area contributed by atoms with Gasteiger partial charge in [0.25, 0.3) is 0 Å². The minimum absolute atomic E-state index is 0.392. The average Bonchev–Trinajstić information content (AvgIpc) is 2.49. The largest absolute Gasteiger partial charge is 0.366 e. The van der Waals surface area contributed by atoms with Gasteiger partial charge in [-0.1, -0.05) is 31.5 Å². The summed E-state index contributed by atoms with van der Waals surface area (Å²) in [5.74, 6) is -0.392. The molecule has 2 rings (SSSR count). The lowest BCUT2D eigenvalue weighted by atomic mass is 10.1. The molecule has 0 fully saturated rings. The highest BCUT2D eigenvalue weighted by molar-refractivity contribution is 5.93. The van der Waals surface area contributed by atoms with Gasteiger partial charge in [-0.25, -0.2) is 0 Å². The van der Waals surface area contributed by atoms with Crippen molar-refractivity contribution in [2.45, 2.75) is 19.8 Å². The minimum atomic E-state index is -0.392. The van der Waals surface area contributed by atoms with E-state index in [1.807, 2.05) is 30.3 Å². The van der Waals surface area contributed by atoms with Gasteiger partial charge in [-0.3, -0.25) is 4.79 Å². The zero-order valence-electron chi connectivity index (χ0n) is 11.8. The smallest absolute Gasteiger partial charge is 0.248 e. The summed E-state index contributed by atoms with van der Waals surface area (Å²) in [5, 5.41) is 0. The highest BCUT2D eigenvalue weighted by atomic mass is 16.1. The number of unbranched alkanes of at least 4 members (excludes halogenated alkanes) is 1. The Balaban J connectivity index is 2.28. The van der Waals surface area contributed by atoms with Gasteiger partial charge in [0.2, 0.25) is 5.91 Å². The molecule has 0 saturated heterocycles. The van der Waals surface area contributed by atoms with E-state index in [0.29, 0.717) is 5.56 Å². The molecule has 0 unspecified atom stereocenters. The molecule has 2 aromatic carbocycles. The Hall–Kier alpha value is -2.29. The van der Waals surface area contributed by atoms with Crippen molar-refractivity contribution in [2.24, 2.45) is 5.73 Å². The van der Waals surface area contributed by atoms with E-state index in [9.17, 15) is 4.79 Å². The summed E-state index contributed by atoms with van der Waals surface area (Å²) in [7, 11) is 0. The zero-order chi connectivity index (χ0) is 14.4. The Labute approximate surface area is 120 Å². The maximum Gasteiger partial charge on any atom is 0.248 e. The molecule has 0 bridgehead atoms. The fourth-order valence-corrected chi connectivity index (χ4v) is 2.14. The number of carbonyl (C=O) groups is 1. The summed E-state index contributed by atoms with van der Waals surface area (Å²) >= 11 is 0. The normalized spacial score (nSPS) is 10.2. The number of carbonyl (C=O) groups excluding carboxylic acids is 1. The number of rotatable bonds is 6. The van der Waals surface area contributed by atoms with E-state index >= 15 is 0 Å². The number of nitrogens with zero attached hydrogens (tertiary/aromatic N) is 1. The lowest BCUT2D eigenvalue weighted by Gasteiger charge is -2.25. The number of hydrogen-bond acceptors (Lipinski definition) is 2. The monoisotopic (exact) mass is 268 g/mol. The van der Waals surface area contributed by atoms with E-state index in [0.717, 1.165) is 30.8 Å². The zero-order valence-corrected chi connectivity index (χ0v) is 11.8. The maximum absolute atomic E-state index is 11.1. The molecular formula is C17H20N2O. The second-order valence-electron chi connectivity index (χ2n) is 4.75. The lowest BCUT2D eigenvalue weighted by Crippen LogP contribution is -2.18. The van der Waals surface area contributed by atoms with Crippen LogP contribution < -0.4 is 10.6 Å². The van der Waals surface area contributed by atoms with Crippen molar-refractivity contribution >= 4 is 17.3 Å². The summed E-state index contributed by atoms with van der Waals surface area (Å²) in [6.07, 6.45) is 2.26. The molecule has 0 aliphatic carbocycles. The van der Waals surface area contributed by atoms with Crippen LogP contribution in [0.3, 0.4) is 0 Å². The highest BCUT2D eigenvalue weighted by Gasteiger charge is 2.09. The first-order chi connectivity index (χ1) is 9.72. The molecule has 0 saturated carbocycles. The van der Waals surface area contributed by atoms with Crippen molar-refractivity contribution in [3.05, 3.63) is 60.2 Å². The van der Waals surface area contributed by atoms with Gasteiger partial charge in [0, 0.05) is 23.5 Å². The molecule has 0 atom stereocenters. The van der Waals surface area contributed by atoms with Crippen LogP contribution in [0.4, 0.5) is 11.4 Å². The van der Waals surface area contributed by atoms with E-state index in [1.54, 1.807) is 12.1 Å². The van der Waals surface area contributed by atoms with E-state index < -0.39 is 5.91 Å². The van der Waals surface area contributed by atoms with Crippen molar-refractivity contribution in [1.82, 2.24) is 0 Å². The van der Waals surface area contributed by atoms with E-state index in [1.165, 1.54) is 0 Å². The number of para-hydroxylation sites is 1. The fourth-order valence-electron chi connectivity index (χ4n) is 2.14. The molecule has 0 radical (unpaired) electrons. The Morgan fingerprint density at radius 1 is 1.00 bits per heavy atom. The van der Waals surface area contributed by atoms with Crippen LogP contribution in [-0.4, -0.2) is 12.5 Å². The predicted octanol–water partition coefficient (Wildman–Crippen LogP) is 3.72. The number of benzene rings is 2. The van der Waals surface area contributed by atoms with Gasteiger partial charge < -0.3 is 10.6 Å². The highest BCUT2D eigenvalue weighted by Crippen LogP contribution is 2.25. The molecule has 0 spiro atoms. The van der Waals surface area contributed by atoms with Gasteiger partial charge in [0.1, 0.15) is 0 Å². The topological polar surface area (TPSA) is 46.3 Å². The first-order valence-corrected chi connectivity index (χ1v) is 6.95. The molecule has 0 heterocycles. The van der Waals surface area contributed by atoms with Crippen LogP contribution in [0.2, 0.25) is 0 Å². The van der Waals surface area contributed by atoms with Crippen LogP contribution in [-0.2, 0) is 0 Å². The van der Waals surface area contributed by atoms with Crippen molar-refractivity contribution in [3.63, 3.8) is 0 Å². The third kappa shape index (κ3) is 3.38. The van der Waals surface area contributed by atoms with Crippen LogP contribution in [0.15, 0.2) is 54.6 Å². The van der Waals surface area contributed by atoms with E-state index in [2.05, 4.69) is 24.0 Å². The van der Waals surface area contributed by atoms with Crippen LogP contribution in [0, 0.1) is 0 Å². The van der Waals surface area contributed by atoms with Gasteiger partial charge in [-0.2, -0.15) is 0 Å². The predicted molar refractivity (Wildman–Crippen MR) is 83.3 cm³/mol. The maximum atomic E-state index is 11.1. The summed E-state index contributed by atoms with van der Waals surface area (Å²) < 4.78 is 0. The van der Waals surface area contributed by atoms with Crippen molar-refractivity contribution < 1.29 is 4.79 Å². The molecule has 0 aromatic heterocycles. The molecule has 2 aromatic rings. The number of anilines is 2. The van der Waals surface area contributed by atoms with Crippen LogP contribution in [0.25, 0.3) is 0 Å². The van der Waals surface area contributed by atoms with Crippen LogP contribution in [0.1, 0.15) is 30.1 Å². The van der Waals surface area contributed by atoms with E-state index in [-0.39, 0.29) is 0 Å². The van der Waals surface area contributed by atoms with Crippen LogP contribution in [0.5, 0.6) is 0 Å². The quantitative estimate of drug-likeness (QED) is 0.867. The molecule has 2 N–H and O–H groups in total. The minimum Gasteiger partial charge on any atom is -0.366 e. The van der Waals surface area contributed by atoms with Gasteiger partial charge in [-0.05, 0) is 42.8 Å². The molecule has 3 nitrogen and oxygen atoms in total. The average molecular weight is 268 g/mol. The van der Waals surface area contributed by atoms with Crippen molar-refractivity contribution in [3.8, 4) is 0 Å². The van der Waals surface area contributed by atoms with Crippen molar-refractivity contribution in [2.75, 3.05) is 11.4 Å². The lowest BCUT2D eigenvalue weighted by molar-refractivity contribution is 0.100. The van der Waals surface area contributed by atoms with Crippen LogP contribution >= 0.6 is 0 Å². The molecule has 0 aliphatic heterocycles. The molecular weight excluding hydrogens is 248 g/mol. The molecule has 0 aliphatic rings. The Bertz CT molecular complexity index is 549. The third-order valence-corrected chi connectivity index (χ3v) is 3.27. The third-order valence-electron chi connectivity index (χ3n) is 3.27. The van der Waals surface area contributed by atoms with Gasteiger partial charge in [0.05, 0.1) is 0 Å². The first kappa shape index (κ1) is 14.1. The molecule has 104 valence electrons. The fraction of sp³-hybridized carbons (Fsp3) is 0.235. The Morgan fingerprint density at radius 2 is 1.60 bits per heavy atom. The van der Waals surface area contributed by atoms with Gasteiger partial charge in [0.15, 0.2) is 0 Å². The SMILES string of the molecule is CCCCN(c1ccccc1)c1ccc(C(N)=O)cc1. The number of amides is 1. The van der Waals surface area contributed by atoms with Gasteiger partial charge in [-0.15, -0.1) is 0 Å². The second kappa shape index (κ2) is 6.75. The molecule has 20 heavy (non-hydrogen) atoms. The number of nitrogens with two attached hydrogens (primary N) is 1. The summed E-state index contributed by atoms with van der Waals surface area (Å²) in [6.45, 7) is 3.13. The first-order valence-electron chi connectivity index (χ1n) is 6.95.